The maximum Gasteiger partial charge on any atom is 0.150 e. The maximum absolute atomic E-state index is 10.7. The number of benzene rings is 1. The van der Waals surface area contributed by atoms with Gasteiger partial charge < -0.3 is 14.5 Å². The number of carbonyl (C=O) groups excluding carboxylic acids is 1. The minimum Gasteiger partial charge on any atom is -0.491 e. The van der Waals surface area contributed by atoms with E-state index in [1.54, 1.807) is 12.1 Å². The van der Waals surface area contributed by atoms with Crippen molar-refractivity contribution in [3.05, 3.63) is 29.8 Å². The van der Waals surface area contributed by atoms with Crippen LogP contribution >= 0.6 is 0 Å². The molecule has 0 bridgehead atoms. The topological polar surface area (TPSA) is 32.8 Å². The van der Waals surface area contributed by atoms with Gasteiger partial charge in [0.25, 0.3) is 0 Å². The lowest BCUT2D eigenvalue weighted by Crippen LogP contribution is -2.45. The molecule has 4 heteroatoms. The molecule has 0 aliphatic carbocycles. The van der Waals surface area contributed by atoms with Gasteiger partial charge in [-0.25, -0.2) is 0 Å². The first-order chi connectivity index (χ1) is 9.67. The van der Waals surface area contributed by atoms with E-state index >= 15 is 0 Å². The van der Waals surface area contributed by atoms with Crippen molar-refractivity contribution in [2.45, 2.75) is 19.4 Å². The Morgan fingerprint density at radius 1 is 1.30 bits per heavy atom. The van der Waals surface area contributed by atoms with E-state index in [0.29, 0.717) is 5.56 Å². The second-order valence-electron chi connectivity index (χ2n) is 5.55. The smallest absolute Gasteiger partial charge is 0.150 e. The van der Waals surface area contributed by atoms with Gasteiger partial charge in [-0.2, -0.15) is 0 Å². The molecule has 1 unspecified atom stereocenters. The summed E-state index contributed by atoms with van der Waals surface area (Å²) >= 11 is 0. The molecule has 110 valence electrons. The summed E-state index contributed by atoms with van der Waals surface area (Å²) < 4.78 is 5.87. The van der Waals surface area contributed by atoms with Crippen LogP contribution in [0.15, 0.2) is 24.3 Å². The zero-order valence-corrected chi connectivity index (χ0v) is 12.4. The van der Waals surface area contributed by atoms with Crippen molar-refractivity contribution in [2.24, 2.45) is 0 Å². The Morgan fingerprint density at radius 2 is 2.05 bits per heavy atom. The molecule has 1 aliphatic heterocycles. The van der Waals surface area contributed by atoms with Crippen molar-refractivity contribution in [3.63, 3.8) is 0 Å². The first kappa shape index (κ1) is 15.0. The molecular weight excluding hydrogens is 252 g/mol. The zero-order valence-electron chi connectivity index (χ0n) is 12.4. The van der Waals surface area contributed by atoms with E-state index in [-0.39, 0.29) is 6.10 Å². The first-order valence-electron chi connectivity index (χ1n) is 7.30. The summed E-state index contributed by atoms with van der Waals surface area (Å²) in [5, 5.41) is 0. The maximum atomic E-state index is 10.7. The molecule has 4 nitrogen and oxygen atoms in total. The molecule has 0 radical (unpaired) electrons. The molecule has 0 spiro atoms. The molecular formula is C16H24N2O2. The van der Waals surface area contributed by atoms with Crippen LogP contribution in [0.4, 0.5) is 0 Å². The van der Waals surface area contributed by atoms with Gasteiger partial charge in [0, 0.05) is 38.3 Å². The molecule has 0 saturated carbocycles. The van der Waals surface area contributed by atoms with Gasteiger partial charge in [-0.1, -0.05) is 12.1 Å². The number of likely N-dealkylation sites (N-methyl/N-ethyl adjacent to an activating group) is 1. The van der Waals surface area contributed by atoms with Gasteiger partial charge in [-0.3, -0.25) is 4.79 Å². The lowest BCUT2D eigenvalue weighted by atomic mass is 10.2. The summed E-state index contributed by atoms with van der Waals surface area (Å²) in [7, 11) is 2.17. The fraction of sp³-hybridized carbons (Fsp3) is 0.562. The predicted molar refractivity (Wildman–Crippen MR) is 80.5 cm³/mol. The first-order valence-corrected chi connectivity index (χ1v) is 7.30. The molecule has 1 aromatic rings. The normalized spacial score (nSPS) is 18.7. The van der Waals surface area contributed by atoms with Crippen LogP contribution in [0.5, 0.6) is 5.75 Å². The minimum absolute atomic E-state index is 0.163. The third-order valence-electron chi connectivity index (χ3n) is 3.78. The Hall–Kier alpha value is -1.39. The van der Waals surface area contributed by atoms with Gasteiger partial charge in [0.05, 0.1) is 6.10 Å². The largest absolute Gasteiger partial charge is 0.491 e. The molecule has 0 amide bonds. The monoisotopic (exact) mass is 276 g/mol. The number of hydrogen-bond donors (Lipinski definition) is 0. The molecule has 1 aliphatic rings. The Balaban J connectivity index is 1.74. The average molecular weight is 276 g/mol. The van der Waals surface area contributed by atoms with Gasteiger partial charge in [-0.15, -0.1) is 0 Å². The number of aldehydes is 1. The SMILES string of the molecule is CC(CCN1CCN(C)CC1)Oc1cccc(C=O)c1. The van der Waals surface area contributed by atoms with Crippen molar-refractivity contribution >= 4 is 6.29 Å². The second-order valence-corrected chi connectivity index (χ2v) is 5.55. The van der Waals surface area contributed by atoms with Crippen molar-refractivity contribution in [1.82, 2.24) is 9.80 Å². The highest BCUT2D eigenvalue weighted by Gasteiger charge is 2.14. The molecule has 2 rings (SSSR count). The molecule has 20 heavy (non-hydrogen) atoms. The van der Waals surface area contributed by atoms with Gasteiger partial charge in [0.15, 0.2) is 0 Å². The van der Waals surface area contributed by atoms with Crippen molar-refractivity contribution in [3.8, 4) is 5.75 Å². The van der Waals surface area contributed by atoms with E-state index in [1.165, 1.54) is 0 Å². The molecule has 1 fully saturated rings. The van der Waals surface area contributed by atoms with Gasteiger partial charge in [0.1, 0.15) is 12.0 Å². The van der Waals surface area contributed by atoms with Crippen LogP contribution in [-0.2, 0) is 0 Å². The van der Waals surface area contributed by atoms with Crippen molar-refractivity contribution in [1.29, 1.82) is 0 Å². The standard InChI is InChI=1S/C16H24N2O2/c1-14(6-7-18-10-8-17(2)9-11-18)20-16-5-3-4-15(12-16)13-19/h3-5,12-14H,6-11H2,1-2H3. The van der Waals surface area contributed by atoms with E-state index < -0.39 is 0 Å². The van der Waals surface area contributed by atoms with Crippen molar-refractivity contribution < 1.29 is 9.53 Å². The van der Waals surface area contributed by atoms with E-state index in [9.17, 15) is 4.79 Å². The van der Waals surface area contributed by atoms with Crippen LogP contribution in [0.2, 0.25) is 0 Å². The number of carbonyl (C=O) groups is 1. The van der Waals surface area contributed by atoms with Gasteiger partial charge in [0.2, 0.25) is 0 Å². The molecule has 1 atom stereocenters. The third kappa shape index (κ3) is 4.62. The predicted octanol–water partition coefficient (Wildman–Crippen LogP) is 1.90. The summed E-state index contributed by atoms with van der Waals surface area (Å²) in [5.74, 6) is 0.778. The minimum atomic E-state index is 0.163. The lowest BCUT2D eigenvalue weighted by molar-refractivity contribution is 0.112. The highest BCUT2D eigenvalue weighted by atomic mass is 16.5. The highest BCUT2D eigenvalue weighted by Crippen LogP contribution is 2.15. The van der Waals surface area contributed by atoms with Crippen LogP contribution < -0.4 is 4.74 Å². The Bertz CT molecular complexity index is 428. The number of rotatable bonds is 6. The summed E-state index contributed by atoms with van der Waals surface area (Å²) in [4.78, 5) is 15.6. The second kappa shape index (κ2) is 7.41. The Kier molecular flexibility index (Phi) is 5.56. The fourth-order valence-electron chi connectivity index (χ4n) is 2.39. The number of ether oxygens (including phenoxy) is 1. The van der Waals surface area contributed by atoms with Crippen LogP contribution in [-0.4, -0.2) is 62.0 Å². The third-order valence-corrected chi connectivity index (χ3v) is 3.78. The van der Waals surface area contributed by atoms with E-state index in [2.05, 4.69) is 23.8 Å². The van der Waals surface area contributed by atoms with Crippen LogP contribution in [0.3, 0.4) is 0 Å². The molecule has 1 heterocycles. The lowest BCUT2D eigenvalue weighted by Gasteiger charge is -2.32. The van der Waals surface area contributed by atoms with Crippen LogP contribution in [0.25, 0.3) is 0 Å². The summed E-state index contributed by atoms with van der Waals surface area (Å²) in [6.07, 6.45) is 2.02. The van der Waals surface area contributed by atoms with E-state index in [4.69, 9.17) is 4.74 Å². The highest BCUT2D eigenvalue weighted by molar-refractivity contribution is 5.75. The fourth-order valence-corrected chi connectivity index (χ4v) is 2.39. The quantitative estimate of drug-likeness (QED) is 0.743. The number of hydrogen-bond acceptors (Lipinski definition) is 4. The molecule has 0 N–H and O–H groups in total. The van der Waals surface area contributed by atoms with Crippen LogP contribution in [0, 0.1) is 0 Å². The molecule has 1 saturated heterocycles. The van der Waals surface area contributed by atoms with Gasteiger partial charge in [-0.05, 0) is 32.5 Å². The average Bonchev–Trinajstić information content (AvgIpc) is 2.47. The van der Waals surface area contributed by atoms with E-state index in [0.717, 1.165) is 51.2 Å². The van der Waals surface area contributed by atoms with E-state index in [1.807, 2.05) is 12.1 Å². The van der Waals surface area contributed by atoms with Gasteiger partial charge >= 0.3 is 0 Å². The Labute approximate surface area is 121 Å². The number of nitrogens with zero attached hydrogens (tertiary/aromatic N) is 2. The van der Waals surface area contributed by atoms with Crippen molar-refractivity contribution in [2.75, 3.05) is 39.8 Å². The van der Waals surface area contributed by atoms with Crippen LogP contribution in [0.1, 0.15) is 23.7 Å². The summed E-state index contributed by atoms with van der Waals surface area (Å²) in [5.41, 5.74) is 0.661. The molecule has 0 aromatic heterocycles. The summed E-state index contributed by atoms with van der Waals surface area (Å²) in [6.45, 7) is 7.74. The Morgan fingerprint density at radius 3 is 2.75 bits per heavy atom. The summed E-state index contributed by atoms with van der Waals surface area (Å²) in [6, 6.07) is 7.33. The zero-order chi connectivity index (χ0) is 14.4. The number of piperazine rings is 1. The molecule has 1 aromatic carbocycles.